The SMILES string of the molecule is CCC(CC)NC(=O)C(C)(C)[C@@H](O)c1cccc(OCc2ccccc2)c1. The van der Waals surface area contributed by atoms with E-state index in [9.17, 15) is 9.90 Å². The first kappa shape index (κ1) is 21.0. The predicted molar refractivity (Wildman–Crippen MR) is 108 cm³/mol. The molecule has 0 saturated carbocycles. The van der Waals surface area contributed by atoms with Crippen molar-refractivity contribution in [1.82, 2.24) is 5.32 Å². The van der Waals surface area contributed by atoms with Crippen LogP contribution in [-0.2, 0) is 11.4 Å². The fourth-order valence-corrected chi connectivity index (χ4v) is 2.92. The molecule has 27 heavy (non-hydrogen) atoms. The van der Waals surface area contributed by atoms with E-state index in [0.29, 0.717) is 17.9 Å². The van der Waals surface area contributed by atoms with Gasteiger partial charge in [0, 0.05) is 6.04 Å². The molecule has 4 nitrogen and oxygen atoms in total. The van der Waals surface area contributed by atoms with Crippen molar-refractivity contribution in [3.05, 3.63) is 65.7 Å². The van der Waals surface area contributed by atoms with Crippen LogP contribution in [0.2, 0.25) is 0 Å². The highest BCUT2D eigenvalue weighted by Gasteiger charge is 2.37. The minimum Gasteiger partial charge on any atom is -0.489 e. The lowest BCUT2D eigenvalue weighted by Crippen LogP contribution is -2.45. The number of rotatable bonds is 9. The van der Waals surface area contributed by atoms with Crippen molar-refractivity contribution >= 4 is 5.91 Å². The first-order valence-corrected chi connectivity index (χ1v) is 9.64. The molecule has 0 aromatic heterocycles. The maximum absolute atomic E-state index is 12.7. The number of hydrogen-bond acceptors (Lipinski definition) is 3. The highest BCUT2D eigenvalue weighted by Crippen LogP contribution is 2.35. The van der Waals surface area contributed by atoms with E-state index in [1.807, 2.05) is 62.4 Å². The molecule has 0 aliphatic rings. The molecule has 1 amide bonds. The number of aliphatic hydroxyl groups excluding tert-OH is 1. The molecular formula is C23H31NO3. The Morgan fingerprint density at radius 1 is 1.07 bits per heavy atom. The van der Waals surface area contributed by atoms with Crippen molar-refractivity contribution < 1.29 is 14.6 Å². The number of benzene rings is 2. The van der Waals surface area contributed by atoms with E-state index in [0.717, 1.165) is 18.4 Å². The topological polar surface area (TPSA) is 58.6 Å². The zero-order chi connectivity index (χ0) is 19.9. The summed E-state index contributed by atoms with van der Waals surface area (Å²) >= 11 is 0. The first-order chi connectivity index (χ1) is 12.9. The van der Waals surface area contributed by atoms with Gasteiger partial charge in [-0.3, -0.25) is 4.79 Å². The summed E-state index contributed by atoms with van der Waals surface area (Å²) in [4.78, 5) is 12.7. The van der Waals surface area contributed by atoms with E-state index in [1.165, 1.54) is 0 Å². The van der Waals surface area contributed by atoms with Gasteiger partial charge in [-0.25, -0.2) is 0 Å². The van der Waals surface area contributed by atoms with Crippen LogP contribution in [0.15, 0.2) is 54.6 Å². The third kappa shape index (κ3) is 5.57. The van der Waals surface area contributed by atoms with E-state index in [1.54, 1.807) is 19.9 Å². The van der Waals surface area contributed by atoms with Gasteiger partial charge in [0.2, 0.25) is 5.91 Å². The molecule has 0 spiro atoms. The first-order valence-electron chi connectivity index (χ1n) is 9.64. The number of ether oxygens (including phenoxy) is 1. The van der Waals surface area contributed by atoms with Crippen molar-refractivity contribution in [3.8, 4) is 5.75 Å². The summed E-state index contributed by atoms with van der Waals surface area (Å²) < 4.78 is 5.84. The third-order valence-electron chi connectivity index (χ3n) is 5.01. The van der Waals surface area contributed by atoms with Gasteiger partial charge in [-0.15, -0.1) is 0 Å². The molecule has 2 N–H and O–H groups in total. The smallest absolute Gasteiger partial charge is 0.228 e. The lowest BCUT2D eigenvalue weighted by molar-refractivity contribution is -0.136. The Hall–Kier alpha value is -2.33. The summed E-state index contributed by atoms with van der Waals surface area (Å²) in [6, 6.07) is 17.4. The summed E-state index contributed by atoms with van der Waals surface area (Å²) in [6.45, 7) is 8.09. The Bertz CT molecular complexity index is 723. The molecule has 2 rings (SSSR count). The molecule has 0 radical (unpaired) electrons. The molecule has 0 saturated heterocycles. The fraction of sp³-hybridized carbons (Fsp3) is 0.435. The third-order valence-corrected chi connectivity index (χ3v) is 5.01. The predicted octanol–water partition coefficient (Wildman–Crippen LogP) is 4.63. The van der Waals surface area contributed by atoms with Crippen LogP contribution < -0.4 is 10.1 Å². The second kappa shape index (κ2) is 9.56. The van der Waals surface area contributed by atoms with Crippen LogP contribution in [-0.4, -0.2) is 17.1 Å². The van der Waals surface area contributed by atoms with Gasteiger partial charge in [-0.1, -0.05) is 56.3 Å². The Morgan fingerprint density at radius 2 is 1.74 bits per heavy atom. The van der Waals surface area contributed by atoms with Gasteiger partial charge >= 0.3 is 0 Å². The van der Waals surface area contributed by atoms with Crippen molar-refractivity contribution in [3.63, 3.8) is 0 Å². The summed E-state index contributed by atoms with van der Waals surface area (Å²) in [7, 11) is 0. The molecule has 0 heterocycles. The van der Waals surface area contributed by atoms with Gasteiger partial charge in [0.25, 0.3) is 0 Å². The highest BCUT2D eigenvalue weighted by atomic mass is 16.5. The molecule has 1 atom stereocenters. The maximum Gasteiger partial charge on any atom is 0.228 e. The molecule has 0 fully saturated rings. The molecule has 4 heteroatoms. The van der Waals surface area contributed by atoms with Gasteiger partial charge in [0.1, 0.15) is 12.4 Å². The maximum atomic E-state index is 12.7. The number of carbonyl (C=O) groups is 1. The van der Waals surface area contributed by atoms with E-state index >= 15 is 0 Å². The second-order valence-corrected chi connectivity index (χ2v) is 7.46. The monoisotopic (exact) mass is 369 g/mol. The Labute approximate surface area is 162 Å². The Balaban J connectivity index is 2.08. The molecule has 0 aliphatic carbocycles. The van der Waals surface area contributed by atoms with E-state index < -0.39 is 11.5 Å². The molecule has 2 aromatic rings. The molecule has 2 aromatic carbocycles. The van der Waals surface area contributed by atoms with Crippen LogP contribution in [0, 0.1) is 5.41 Å². The van der Waals surface area contributed by atoms with Gasteiger partial charge in [-0.05, 0) is 49.9 Å². The summed E-state index contributed by atoms with van der Waals surface area (Å²) in [6.07, 6.45) is 0.821. The zero-order valence-electron chi connectivity index (χ0n) is 16.7. The van der Waals surface area contributed by atoms with Crippen LogP contribution in [0.5, 0.6) is 5.75 Å². The second-order valence-electron chi connectivity index (χ2n) is 7.46. The van der Waals surface area contributed by atoms with E-state index in [2.05, 4.69) is 5.32 Å². The van der Waals surface area contributed by atoms with Crippen LogP contribution >= 0.6 is 0 Å². The van der Waals surface area contributed by atoms with Gasteiger partial charge in [-0.2, -0.15) is 0 Å². The summed E-state index contributed by atoms with van der Waals surface area (Å²) in [5.41, 5.74) is 0.805. The van der Waals surface area contributed by atoms with Crippen LogP contribution in [0.4, 0.5) is 0 Å². The van der Waals surface area contributed by atoms with Crippen molar-refractivity contribution in [2.75, 3.05) is 0 Å². The van der Waals surface area contributed by atoms with Gasteiger partial charge in [0.15, 0.2) is 0 Å². The van der Waals surface area contributed by atoms with Gasteiger partial charge < -0.3 is 15.2 Å². The molecular weight excluding hydrogens is 338 g/mol. The van der Waals surface area contributed by atoms with Gasteiger partial charge in [0.05, 0.1) is 11.5 Å². The molecule has 0 bridgehead atoms. The summed E-state index contributed by atoms with van der Waals surface area (Å²) in [5.74, 6) is 0.533. The number of hydrogen-bond donors (Lipinski definition) is 2. The van der Waals surface area contributed by atoms with Crippen molar-refractivity contribution in [2.45, 2.75) is 59.3 Å². The highest BCUT2D eigenvalue weighted by molar-refractivity contribution is 5.83. The largest absolute Gasteiger partial charge is 0.489 e. The minimum absolute atomic E-state index is 0.129. The molecule has 0 aliphatic heterocycles. The molecule has 0 unspecified atom stereocenters. The standard InChI is InChI=1S/C23H31NO3/c1-5-19(6-2)24-22(26)23(3,4)21(25)18-13-10-14-20(15-18)27-16-17-11-8-7-9-12-17/h7-15,19,21,25H,5-6,16H2,1-4H3,(H,24,26)/t21-/m0/s1. The van der Waals surface area contributed by atoms with Crippen molar-refractivity contribution in [1.29, 1.82) is 0 Å². The lowest BCUT2D eigenvalue weighted by Gasteiger charge is -2.31. The minimum atomic E-state index is -0.944. The number of nitrogens with one attached hydrogen (secondary N) is 1. The molecule has 146 valence electrons. The number of aliphatic hydroxyl groups is 1. The summed E-state index contributed by atoms with van der Waals surface area (Å²) in [5, 5.41) is 13.9. The Kier molecular flexibility index (Phi) is 7.43. The average Bonchev–Trinajstić information content (AvgIpc) is 2.70. The number of amides is 1. The van der Waals surface area contributed by atoms with Crippen molar-refractivity contribution in [2.24, 2.45) is 5.41 Å². The van der Waals surface area contributed by atoms with Crippen LogP contribution in [0.25, 0.3) is 0 Å². The Morgan fingerprint density at radius 3 is 2.37 bits per heavy atom. The van der Waals surface area contributed by atoms with E-state index in [4.69, 9.17) is 4.74 Å². The average molecular weight is 370 g/mol. The normalized spacial score (nSPS) is 12.7. The number of carbonyl (C=O) groups excluding carboxylic acids is 1. The zero-order valence-corrected chi connectivity index (χ0v) is 16.7. The van der Waals surface area contributed by atoms with Crippen LogP contribution in [0.3, 0.4) is 0 Å². The fourth-order valence-electron chi connectivity index (χ4n) is 2.92. The quantitative estimate of drug-likeness (QED) is 0.677. The van der Waals surface area contributed by atoms with E-state index in [-0.39, 0.29) is 11.9 Å². The van der Waals surface area contributed by atoms with Crippen LogP contribution in [0.1, 0.15) is 57.8 Å². The lowest BCUT2D eigenvalue weighted by atomic mass is 9.81.